The summed E-state index contributed by atoms with van der Waals surface area (Å²) in [5.41, 5.74) is 0.0279. The fraction of sp³-hybridized carbons (Fsp3) is 0.500. The molecule has 0 bridgehead atoms. The minimum Gasteiger partial charge on any atom is -0.340 e. The molecule has 2 aliphatic heterocycles. The first-order valence-corrected chi connectivity index (χ1v) is 9.59. The Morgan fingerprint density at radius 2 is 2.00 bits per heavy atom. The van der Waals surface area contributed by atoms with Crippen molar-refractivity contribution in [3.8, 4) is 0 Å². The van der Waals surface area contributed by atoms with E-state index in [2.05, 4.69) is 22.8 Å². The van der Waals surface area contributed by atoms with Gasteiger partial charge in [0.1, 0.15) is 5.54 Å². The lowest BCUT2D eigenvalue weighted by molar-refractivity contribution is -0.135. The first-order chi connectivity index (χ1) is 12.0. The molecule has 4 amide bonds. The Kier molecular flexibility index (Phi) is 4.19. The van der Waals surface area contributed by atoms with Crippen molar-refractivity contribution in [2.45, 2.75) is 47.8 Å². The quantitative estimate of drug-likeness (QED) is 0.802. The van der Waals surface area contributed by atoms with E-state index in [1.54, 1.807) is 4.90 Å². The maximum Gasteiger partial charge on any atom is 0.322 e. The van der Waals surface area contributed by atoms with E-state index >= 15 is 0 Å². The maximum atomic E-state index is 12.6. The number of hydrogen-bond donors (Lipinski definition) is 2. The highest BCUT2D eigenvalue weighted by Gasteiger charge is 2.49. The number of carbonyl (C=O) groups is 3. The summed E-state index contributed by atoms with van der Waals surface area (Å²) in [4.78, 5) is 39.1. The molecule has 1 aromatic carbocycles. The van der Waals surface area contributed by atoms with Crippen molar-refractivity contribution < 1.29 is 14.4 Å². The molecule has 2 heterocycles. The van der Waals surface area contributed by atoms with E-state index < -0.39 is 11.6 Å². The van der Waals surface area contributed by atoms with Crippen molar-refractivity contribution in [3.05, 3.63) is 29.8 Å². The topological polar surface area (TPSA) is 78.5 Å². The maximum absolute atomic E-state index is 12.6. The van der Waals surface area contributed by atoms with Crippen molar-refractivity contribution in [3.63, 3.8) is 0 Å². The predicted molar refractivity (Wildman–Crippen MR) is 94.2 cm³/mol. The first-order valence-electron chi connectivity index (χ1n) is 8.71. The first kappa shape index (κ1) is 16.4. The van der Waals surface area contributed by atoms with Crippen molar-refractivity contribution in [2.75, 3.05) is 13.1 Å². The number of rotatable bonds is 4. The van der Waals surface area contributed by atoms with Gasteiger partial charge in [0, 0.05) is 16.7 Å². The van der Waals surface area contributed by atoms with Crippen LogP contribution in [-0.2, 0) is 16.0 Å². The van der Waals surface area contributed by atoms with Gasteiger partial charge in [-0.1, -0.05) is 12.1 Å². The van der Waals surface area contributed by atoms with Crippen LogP contribution in [0.25, 0.3) is 0 Å². The number of benzene rings is 1. The van der Waals surface area contributed by atoms with E-state index in [-0.39, 0.29) is 18.4 Å². The molecule has 3 fully saturated rings. The van der Waals surface area contributed by atoms with Gasteiger partial charge >= 0.3 is 6.03 Å². The molecule has 1 aliphatic carbocycles. The second kappa shape index (κ2) is 6.37. The third kappa shape index (κ3) is 3.51. The van der Waals surface area contributed by atoms with Crippen LogP contribution in [0.5, 0.6) is 0 Å². The number of urea groups is 1. The minimum atomic E-state index is -0.949. The number of nitrogens with one attached hydrogen (secondary N) is 2. The van der Waals surface area contributed by atoms with Crippen molar-refractivity contribution in [1.29, 1.82) is 0 Å². The van der Waals surface area contributed by atoms with E-state index in [9.17, 15) is 14.4 Å². The molecule has 2 N–H and O–H groups in total. The van der Waals surface area contributed by atoms with Crippen LogP contribution in [-0.4, -0.2) is 46.6 Å². The summed E-state index contributed by atoms with van der Waals surface area (Å²) in [6.07, 6.45) is 4.19. The van der Waals surface area contributed by atoms with E-state index in [1.165, 1.54) is 17.7 Å². The lowest BCUT2D eigenvalue weighted by Gasteiger charge is -2.38. The van der Waals surface area contributed by atoms with Crippen LogP contribution in [0.1, 0.15) is 31.2 Å². The molecule has 0 radical (unpaired) electrons. The molecule has 3 aliphatic rings. The molecule has 25 heavy (non-hydrogen) atoms. The van der Waals surface area contributed by atoms with Gasteiger partial charge in [-0.05, 0) is 43.4 Å². The van der Waals surface area contributed by atoms with Gasteiger partial charge in [0.25, 0.3) is 5.91 Å². The summed E-state index contributed by atoms with van der Waals surface area (Å²) in [5, 5.41) is 5.76. The van der Waals surface area contributed by atoms with Gasteiger partial charge in [0.05, 0.1) is 13.0 Å². The van der Waals surface area contributed by atoms with Crippen LogP contribution < -0.4 is 10.6 Å². The summed E-state index contributed by atoms with van der Waals surface area (Å²) in [5.74, 6) is -0.327. The Bertz CT molecular complexity index is 717. The van der Waals surface area contributed by atoms with Crippen LogP contribution in [0.4, 0.5) is 4.79 Å². The largest absolute Gasteiger partial charge is 0.340 e. The van der Waals surface area contributed by atoms with Crippen LogP contribution in [0, 0.1) is 0 Å². The third-order valence-electron chi connectivity index (χ3n) is 4.97. The Morgan fingerprint density at radius 3 is 2.64 bits per heavy atom. The Hall–Kier alpha value is -2.02. The summed E-state index contributed by atoms with van der Waals surface area (Å²) in [6.45, 7) is 0.873. The number of amides is 4. The van der Waals surface area contributed by atoms with E-state index in [0.717, 1.165) is 10.8 Å². The predicted octanol–water partition coefficient (Wildman–Crippen LogP) is 1.68. The van der Waals surface area contributed by atoms with E-state index in [1.807, 2.05) is 23.9 Å². The van der Waals surface area contributed by atoms with Gasteiger partial charge in [-0.15, -0.1) is 11.8 Å². The summed E-state index contributed by atoms with van der Waals surface area (Å²) in [6, 6.07) is 7.70. The van der Waals surface area contributed by atoms with Gasteiger partial charge in [-0.2, -0.15) is 0 Å². The highest BCUT2D eigenvalue weighted by molar-refractivity contribution is 8.00. The molecule has 1 unspecified atom stereocenters. The molecule has 0 aromatic heterocycles. The highest BCUT2D eigenvalue weighted by Crippen LogP contribution is 2.39. The normalized spacial score (nSPS) is 25.8. The fourth-order valence-corrected chi connectivity index (χ4v) is 4.48. The molecule has 132 valence electrons. The number of carbonyl (C=O) groups excluding carboxylic acids is 3. The average Bonchev–Trinajstić information content (AvgIpc) is 3.36. The molecular formula is C18H21N3O3S. The molecule has 1 spiro atoms. The standard InChI is InChI=1S/C18H21N3O3S/c22-15(10-12-2-4-13(5-3-12)25-14-6-7-14)21-9-1-8-18(11-21)16(23)19-17(24)20-18/h2-5,14H,1,6-11H2,(H2,19,20,23,24). The SMILES string of the molecule is O=C1NC(=O)C2(CCCN(C(=O)Cc3ccc(SC4CC4)cc3)C2)N1. The van der Waals surface area contributed by atoms with E-state index in [0.29, 0.717) is 25.8 Å². The molecule has 1 aromatic rings. The Labute approximate surface area is 150 Å². The minimum absolute atomic E-state index is 0.00406. The summed E-state index contributed by atoms with van der Waals surface area (Å²) in [7, 11) is 0. The highest BCUT2D eigenvalue weighted by atomic mass is 32.2. The van der Waals surface area contributed by atoms with Gasteiger partial charge < -0.3 is 10.2 Å². The van der Waals surface area contributed by atoms with Gasteiger partial charge in [0.2, 0.25) is 5.91 Å². The number of imide groups is 1. The average molecular weight is 359 g/mol. The van der Waals surface area contributed by atoms with Crippen molar-refractivity contribution in [1.82, 2.24) is 15.5 Å². The Morgan fingerprint density at radius 1 is 1.24 bits per heavy atom. The number of piperidine rings is 1. The Balaban J connectivity index is 1.38. The third-order valence-corrected chi connectivity index (χ3v) is 6.31. The summed E-state index contributed by atoms with van der Waals surface area (Å²) >= 11 is 1.90. The smallest absolute Gasteiger partial charge is 0.322 e. The van der Waals surface area contributed by atoms with E-state index in [4.69, 9.17) is 0 Å². The second-order valence-corrected chi connectivity index (χ2v) is 8.42. The lowest BCUT2D eigenvalue weighted by atomic mass is 9.89. The van der Waals surface area contributed by atoms with Crippen LogP contribution in [0.15, 0.2) is 29.2 Å². The monoisotopic (exact) mass is 359 g/mol. The lowest BCUT2D eigenvalue weighted by Crippen LogP contribution is -2.59. The molecule has 6 nitrogen and oxygen atoms in total. The van der Waals surface area contributed by atoms with Crippen molar-refractivity contribution in [2.24, 2.45) is 0 Å². The molecule has 7 heteroatoms. The van der Waals surface area contributed by atoms with Gasteiger partial charge in [-0.25, -0.2) is 4.79 Å². The zero-order chi connectivity index (χ0) is 17.4. The van der Waals surface area contributed by atoms with Gasteiger partial charge in [0.15, 0.2) is 0 Å². The molecule has 1 saturated carbocycles. The summed E-state index contributed by atoms with van der Waals surface area (Å²) < 4.78 is 0. The fourth-order valence-electron chi connectivity index (χ4n) is 3.43. The molecule has 2 saturated heterocycles. The number of nitrogens with zero attached hydrogens (tertiary/aromatic N) is 1. The number of thioether (sulfide) groups is 1. The van der Waals surface area contributed by atoms with Gasteiger partial charge in [-0.3, -0.25) is 14.9 Å². The number of hydrogen-bond acceptors (Lipinski definition) is 4. The van der Waals surface area contributed by atoms with Crippen molar-refractivity contribution >= 4 is 29.6 Å². The van der Waals surface area contributed by atoms with Crippen LogP contribution in [0.3, 0.4) is 0 Å². The van der Waals surface area contributed by atoms with Crippen LogP contribution in [0.2, 0.25) is 0 Å². The molecular weight excluding hydrogens is 338 g/mol. The zero-order valence-corrected chi connectivity index (χ0v) is 14.7. The van der Waals surface area contributed by atoms with Crippen LogP contribution >= 0.6 is 11.8 Å². The molecule has 1 atom stereocenters. The molecule has 4 rings (SSSR count). The second-order valence-electron chi connectivity index (χ2n) is 7.05. The zero-order valence-electron chi connectivity index (χ0n) is 13.9. The number of likely N-dealkylation sites (tertiary alicyclic amines) is 1.